The van der Waals surface area contributed by atoms with Crippen molar-refractivity contribution >= 4 is 40.1 Å². The SMILES string of the molecule is C[C@@H](Oc1c[nH]c(=O)c(-c2nc3ccc(C(=O)NCCN(C)C)cc3[nH]2)c1)c1c(Cl)ccc(F)c1Cl. The van der Waals surface area contributed by atoms with Crippen LogP contribution in [0.1, 0.15) is 28.9 Å². The number of likely N-dealkylation sites (N-methyl/N-ethyl adjacent to an activating group) is 1. The summed E-state index contributed by atoms with van der Waals surface area (Å²) in [5, 5.41) is 3.00. The number of rotatable bonds is 8. The van der Waals surface area contributed by atoms with Crippen molar-refractivity contribution in [2.24, 2.45) is 0 Å². The first-order chi connectivity index (χ1) is 17.1. The highest BCUT2D eigenvalue weighted by Gasteiger charge is 2.20. The van der Waals surface area contributed by atoms with Gasteiger partial charge in [-0.15, -0.1) is 0 Å². The number of carbonyl (C=O) groups is 1. The summed E-state index contributed by atoms with van der Waals surface area (Å²) in [7, 11) is 3.86. The van der Waals surface area contributed by atoms with E-state index in [0.29, 0.717) is 40.3 Å². The van der Waals surface area contributed by atoms with E-state index < -0.39 is 17.5 Å². The highest BCUT2D eigenvalue weighted by Crippen LogP contribution is 2.35. The van der Waals surface area contributed by atoms with E-state index in [1.807, 2.05) is 19.0 Å². The monoisotopic (exact) mass is 531 g/mol. The van der Waals surface area contributed by atoms with E-state index in [0.717, 1.165) is 6.54 Å². The number of nitrogens with one attached hydrogen (secondary N) is 3. The Kier molecular flexibility index (Phi) is 7.63. The molecule has 0 saturated heterocycles. The zero-order valence-corrected chi connectivity index (χ0v) is 21.3. The molecule has 4 rings (SSSR count). The number of imidazole rings is 1. The van der Waals surface area contributed by atoms with Crippen LogP contribution in [0.3, 0.4) is 0 Å². The van der Waals surface area contributed by atoms with Crippen LogP contribution in [-0.2, 0) is 0 Å². The van der Waals surface area contributed by atoms with Crippen molar-refractivity contribution in [2.75, 3.05) is 27.2 Å². The lowest BCUT2D eigenvalue weighted by Crippen LogP contribution is -2.31. The molecule has 0 bridgehead atoms. The maximum atomic E-state index is 13.9. The number of H-pyrrole nitrogens is 2. The molecule has 2 heterocycles. The second kappa shape index (κ2) is 10.7. The van der Waals surface area contributed by atoms with Gasteiger partial charge in [-0.3, -0.25) is 9.59 Å². The number of benzene rings is 2. The Hall–Kier alpha value is -3.40. The molecule has 0 fully saturated rings. The summed E-state index contributed by atoms with van der Waals surface area (Å²) in [5.74, 6) is -0.209. The van der Waals surface area contributed by atoms with Crippen LogP contribution in [0.15, 0.2) is 47.4 Å². The quantitative estimate of drug-likeness (QED) is 0.283. The minimum absolute atomic E-state index is 0.126. The molecule has 8 nitrogen and oxygen atoms in total. The Labute approximate surface area is 216 Å². The molecular formula is C25H24Cl2FN5O3. The van der Waals surface area contributed by atoms with Gasteiger partial charge in [-0.05, 0) is 57.4 Å². The number of amides is 1. The Morgan fingerprint density at radius 2 is 2.00 bits per heavy atom. The standard InChI is InChI=1S/C25H24Cl2FN5O3/c1-13(21-17(26)5-6-18(28)22(21)27)36-15-11-16(25(35)30-12-15)23-31-19-7-4-14(10-20(19)32-23)24(34)29-8-9-33(2)3/h4-7,10-13H,8-9H2,1-3H3,(H,29,34)(H,30,35)(H,31,32)/t13-/m1/s1. The van der Waals surface area contributed by atoms with E-state index in [1.165, 1.54) is 24.4 Å². The zero-order chi connectivity index (χ0) is 26.0. The lowest BCUT2D eigenvalue weighted by molar-refractivity contribution is 0.0951. The molecule has 0 aliphatic heterocycles. The largest absolute Gasteiger partial charge is 0.484 e. The Morgan fingerprint density at radius 1 is 1.22 bits per heavy atom. The fourth-order valence-corrected chi connectivity index (χ4v) is 4.34. The highest BCUT2D eigenvalue weighted by molar-refractivity contribution is 6.36. The average molecular weight is 532 g/mol. The smallest absolute Gasteiger partial charge is 0.259 e. The van der Waals surface area contributed by atoms with Gasteiger partial charge >= 0.3 is 0 Å². The summed E-state index contributed by atoms with van der Waals surface area (Å²) < 4.78 is 19.8. The second-order valence-corrected chi connectivity index (χ2v) is 9.26. The highest BCUT2D eigenvalue weighted by atomic mass is 35.5. The maximum absolute atomic E-state index is 13.9. The van der Waals surface area contributed by atoms with E-state index in [4.69, 9.17) is 27.9 Å². The van der Waals surface area contributed by atoms with Gasteiger partial charge in [0, 0.05) is 35.4 Å². The zero-order valence-electron chi connectivity index (χ0n) is 19.8. The Morgan fingerprint density at radius 3 is 2.75 bits per heavy atom. The van der Waals surface area contributed by atoms with Crippen LogP contribution in [0, 0.1) is 5.82 Å². The van der Waals surface area contributed by atoms with Gasteiger partial charge in [-0.2, -0.15) is 0 Å². The minimum Gasteiger partial charge on any atom is -0.484 e. The fourth-order valence-electron chi connectivity index (χ4n) is 3.66. The first-order valence-corrected chi connectivity index (χ1v) is 11.9. The number of hydrogen-bond acceptors (Lipinski definition) is 5. The summed E-state index contributed by atoms with van der Waals surface area (Å²) in [5.41, 5.74) is 1.79. The number of ether oxygens (including phenoxy) is 1. The predicted molar refractivity (Wildman–Crippen MR) is 139 cm³/mol. The van der Waals surface area contributed by atoms with Gasteiger partial charge in [0.05, 0.1) is 21.6 Å². The number of aromatic amines is 2. The molecule has 4 aromatic rings. The van der Waals surface area contributed by atoms with Crippen LogP contribution in [-0.4, -0.2) is 52.9 Å². The molecule has 2 aromatic heterocycles. The molecular weight excluding hydrogens is 508 g/mol. The van der Waals surface area contributed by atoms with Crippen LogP contribution in [0.4, 0.5) is 4.39 Å². The Bertz CT molecular complexity index is 1480. The summed E-state index contributed by atoms with van der Waals surface area (Å²) >= 11 is 12.3. The third-order valence-corrected chi connectivity index (χ3v) is 6.23. The van der Waals surface area contributed by atoms with Crippen LogP contribution in [0.25, 0.3) is 22.4 Å². The topological polar surface area (TPSA) is 103 Å². The van der Waals surface area contributed by atoms with E-state index in [9.17, 15) is 14.0 Å². The third-order valence-electron chi connectivity index (χ3n) is 5.52. The molecule has 0 aliphatic carbocycles. The maximum Gasteiger partial charge on any atom is 0.259 e. The van der Waals surface area contributed by atoms with Crippen LogP contribution < -0.4 is 15.6 Å². The number of hydrogen-bond donors (Lipinski definition) is 3. The normalized spacial score (nSPS) is 12.2. The van der Waals surface area contributed by atoms with Crippen LogP contribution in [0.5, 0.6) is 5.75 Å². The van der Waals surface area contributed by atoms with Gasteiger partial charge < -0.3 is 24.9 Å². The molecule has 36 heavy (non-hydrogen) atoms. The summed E-state index contributed by atoms with van der Waals surface area (Å²) in [4.78, 5) is 37.2. The Balaban J connectivity index is 1.59. The first kappa shape index (κ1) is 25.7. The van der Waals surface area contributed by atoms with Gasteiger partial charge in [0.1, 0.15) is 23.5 Å². The van der Waals surface area contributed by atoms with Crippen molar-refractivity contribution in [3.63, 3.8) is 0 Å². The first-order valence-electron chi connectivity index (χ1n) is 11.1. The fraction of sp³-hybridized carbons (Fsp3) is 0.240. The molecule has 0 saturated carbocycles. The molecule has 1 atom stereocenters. The van der Waals surface area contributed by atoms with Gasteiger partial charge in [0.25, 0.3) is 11.5 Å². The predicted octanol–water partition coefficient (Wildman–Crippen LogP) is 4.80. The van der Waals surface area contributed by atoms with Crippen molar-refractivity contribution in [2.45, 2.75) is 13.0 Å². The van der Waals surface area contributed by atoms with Crippen molar-refractivity contribution in [3.8, 4) is 17.1 Å². The van der Waals surface area contributed by atoms with Crippen LogP contribution >= 0.6 is 23.2 Å². The third kappa shape index (κ3) is 5.53. The van der Waals surface area contributed by atoms with E-state index in [2.05, 4.69) is 20.3 Å². The molecule has 0 unspecified atom stereocenters. The van der Waals surface area contributed by atoms with Gasteiger partial charge in [0.15, 0.2) is 0 Å². The number of carbonyl (C=O) groups excluding carboxylic acids is 1. The average Bonchev–Trinajstić information content (AvgIpc) is 3.26. The van der Waals surface area contributed by atoms with Gasteiger partial charge in [-0.1, -0.05) is 23.2 Å². The molecule has 1 amide bonds. The molecule has 2 aromatic carbocycles. The van der Waals surface area contributed by atoms with Crippen molar-refractivity contribution < 1.29 is 13.9 Å². The molecule has 0 aliphatic rings. The lowest BCUT2D eigenvalue weighted by Gasteiger charge is -2.18. The lowest BCUT2D eigenvalue weighted by atomic mass is 10.1. The summed E-state index contributed by atoms with van der Waals surface area (Å²) in [6.07, 6.45) is 0.686. The molecule has 188 valence electrons. The van der Waals surface area contributed by atoms with Crippen LogP contribution in [0.2, 0.25) is 10.0 Å². The number of fused-ring (bicyclic) bond motifs is 1. The molecule has 3 N–H and O–H groups in total. The summed E-state index contributed by atoms with van der Waals surface area (Å²) in [6.45, 7) is 2.91. The van der Waals surface area contributed by atoms with E-state index in [-0.39, 0.29) is 21.5 Å². The van der Waals surface area contributed by atoms with Gasteiger partial charge in [0.2, 0.25) is 0 Å². The minimum atomic E-state index is -0.705. The number of nitrogens with zero attached hydrogens (tertiary/aromatic N) is 2. The number of halogens is 3. The number of pyridine rings is 1. The molecule has 0 spiro atoms. The molecule has 11 heteroatoms. The van der Waals surface area contributed by atoms with Crippen molar-refractivity contribution in [1.29, 1.82) is 0 Å². The summed E-state index contributed by atoms with van der Waals surface area (Å²) in [6, 6.07) is 9.17. The van der Waals surface area contributed by atoms with Crippen molar-refractivity contribution in [3.05, 3.63) is 79.9 Å². The van der Waals surface area contributed by atoms with Gasteiger partial charge in [-0.25, -0.2) is 9.37 Å². The molecule has 0 radical (unpaired) electrons. The van der Waals surface area contributed by atoms with E-state index >= 15 is 0 Å². The second-order valence-electron chi connectivity index (χ2n) is 8.47. The number of aromatic nitrogens is 3. The van der Waals surface area contributed by atoms with Crippen molar-refractivity contribution in [1.82, 2.24) is 25.2 Å². The van der Waals surface area contributed by atoms with E-state index in [1.54, 1.807) is 25.1 Å².